The van der Waals surface area contributed by atoms with E-state index >= 15 is 0 Å². The Kier molecular flexibility index (Phi) is 5.31. The van der Waals surface area contributed by atoms with E-state index < -0.39 is 6.61 Å². The summed E-state index contributed by atoms with van der Waals surface area (Å²) in [5.74, 6) is 0.772. The predicted molar refractivity (Wildman–Crippen MR) is 74.7 cm³/mol. The average Bonchev–Trinajstić information content (AvgIpc) is 2.89. The van der Waals surface area contributed by atoms with E-state index in [0.29, 0.717) is 12.0 Å². The summed E-state index contributed by atoms with van der Waals surface area (Å²) in [6.07, 6.45) is 3.62. The summed E-state index contributed by atoms with van der Waals surface area (Å²) in [6.45, 7) is -1.24. The van der Waals surface area contributed by atoms with Gasteiger partial charge in [-0.2, -0.15) is 8.78 Å². The van der Waals surface area contributed by atoms with Gasteiger partial charge in [-0.15, -0.1) is 0 Å². The molecular formula is C15H22F2N2O. The van der Waals surface area contributed by atoms with Crippen molar-refractivity contribution >= 4 is 0 Å². The highest BCUT2D eigenvalue weighted by Gasteiger charge is 2.29. The van der Waals surface area contributed by atoms with E-state index in [-0.39, 0.29) is 5.75 Å². The van der Waals surface area contributed by atoms with Gasteiger partial charge in [0, 0.05) is 12.6 Å². The Labute approximate surface area is 118 Å². The van der Waals surface area contributed by atoms with Crippen LogP contribution in [0.2, 0.25) is 0 Å². The van der Waals surface area contributed by atoms with Crippen LogP contribution >= 0.6 is 0 Å². The summed E-state index contributed by atoms with van der Waals surface area (Å²) >= 11 is 0. The third-order valence-electron chi connectivity index (χ3n) is 4.07. The fourth-order valence-electron chi connectivity index (χ4n) is 3.05. The van der Waals surface area contributed by atoms with Crippen molar-refractivity contribution in [2.45, 2.75) is 38.5 Å². The molecule has 1 aliphatic rings. The van der Waals surface area contributed by atoms with E-state index in [1.807, 2.05) is 12.1 Å². The number of benzene rings is 1. The topological polar surface area (TPSA) is 38.5 Å². The van der Waals surface area contributed by atoms with Gasteiger partial charge >= 0.3 is 6.61 Å². The number of hydrogen-bond acceptors (Lipinski definition) is 3. The molecule has 2 N–H and O–H groups in total. The van der Waals surface area contributed by atoms with Crippen LogP contribution in [0, 0.1) is 5.92 Å². The molecule has 0 aromatic heterocycles. The van der Waals surface area contributed by atoms with Gasteiger partial charge in [-0.05, 0) is 50.0 Å². The third kappa shape index (κ3) is 3.90. The van der Waals surface area contributed by atoms with Crippen LogP contribution in [0.15, 0.2) is 24.3 Å². The van der Waals surface area contributed by atoms with Gasteiger partial charge in [0.2, 0.25) is 0 Å². The fourth-order valence-corrected chi connectivity index (χ4v) is 3.05. The Morgan fingerprint density at radius 1 is 1.30 bits per heavy atom. The molecule has 0 saturated heterocycles. The lowest BCUT2D eigenvalue weighted by Crippen LogP contribution is -2.37. The van der Waals surface area contributed by atoms with Gasteiger partial charge in [0.15, 0.2) is 0 Å². The second kappa shape index (κ2) is 6.99. The van der Waals surface area contributed by atoms with Crippen LogP contribution in [0.5, 0.6) is 5.75 Å². The Hall–Kier alpha value is -1.20. The van der Waals surface area contributed by atoms with Gasteiger partial charge in [0.1, 0.15) is 5.75 Å². The molecule has 0 spiro atoms. The Balaban J connectivity index is 1.92. The van der Waals surface area contributed by atoms with Gasteiger partial charge in [0.25, 0.3) is 0 Å². The second-order valence-electron chi connectivity index (χ2n) is 5.43. The van der Waals surface area contributed by atoms with Gasteiger partial charge in [0.05, 0.1) is 0 Å². The Bertz CT molecular complexity index is 411. The van der Waals surface area contributed by atoms with Crippen molar-refractivity contribution in [3.63, 3.8) is 0 Å². The van der Waals surface area contributed by atoms with Crippen molar-refractivity contribution in [1.29, 1.82) is 0 Å². The number of rotatable bonds is 6. The highest BCUT2D eigenvalue weighted by atomic mass is 19.3. The number of halogens is 2. The number of ether oxygens (including phenoxy) is 1. The first-order valence-electron chi connectivity index (χ1n) is 7.04. The molecular weight excluding hydrogens is 262 g/mol. The highest BCUT2D eigenvalue weighted by Crippen LogP contribution is 2.29. The van der Waals surface area contributed by atoms with Gasteiger partial charge in [-0.3, -0.25) is 4.90 Å². The van der Waals surface area contributed by atoms with E-state index in [0.717, 1.165) is 18.7 Å². The lowest BCUT2D eigenvalue weighted by molar-refractivity contribution is -0.0498. The fraction of sp³-hybridized carbons (Fsp3) is 0.600. The SMILES string of the molecule is CN(Cc1ccc(OC(F)F)cc1)C1CCCC1CN. The number of nitrogens with zero attached hydrogens (tertiary/aromatic N) is 1. The maximum absolute atomic E-state index is 12.1. The maximum Gasteiger partial charge on any atom is 0.387 e. The molecule has 3 nitrogen and oxygen atoms in total. The molecule has 0 radical (unpaired) electrons. The molecule has 0 aliphatic heterocycles. The largest absolute Gasteiger partial charge is 0.435 e. The van der Waals surface area contributed by atoms with E-state index in [1.165, 1.54) is 19.3 Å². The van der Waals surface area contributed by atoms with Crippen molar-refractivity contribution in [2.75, 3.05) is 13.6 Å². The molecule has 0 amide bonds. The first kappa shape index (κ1) is 15.2. The minimum atomic E-state index is -2.77. The summed E-state index contributed by atoms with van der Waals surface area (Å²) in [6, 6.07) is 7.37. The monoisotopic (exact) mass is 284 g/mol. The summed E-state index contributed by atoms with van der Waals surface area (Å²) in [5.41, 5.74) is 6.90. The minimum absolute atomic E-state index is 0.201. The molecule has 1 aliphatic carbocycles. The smallest absolute Gasteiger partial charge is 0.387 e. The number of hydrogen-bond donors (Lipinski definition) is 1. The number of nitrogens with two attached hydrogens (primary N) is 1. The van der Waals surface area contributed by atoms with E-state index in [4.69, 9.17) is 5.73 Å². The third-order valence-corrected chi connectivity index (χ3v) is 4.07. The van der Waals surface area contributed by atoms with E-state index in [1.54, 1.807) is 12.1 Å². The molecule has 5 heteroatoms. The lowest BCUT2D eigenvalue weighted by Gasteiger charge is -2.29. The average molecular weight is 284 g/mol. The van der Waals surface area contributed by atoms with E-state index in [9.17, 15) is 8.78 Å². The zero-order valence-corrected chi connectivity index (χ0v) is 11.8. The van der Waals surface area contributed by atoms with Gasteiger partial charge < -0.3 is 10.5 Å². The van der Waals surface area contributed by atoms with Crippen LogP contribution in [0.3, 0.4) is 0 Å². The maximum atomic E-state index is 12.1. The molecule has 2 unspecified atom stereocenters. The Morgan fingerprint density at radius 3 is 2.60 bits per heavy atom. The van der Waals surface area contributed by atoms with Crippen molar-refractivity contribution < 1.29 is 13.5 Å². The number of alkyl halides is 2. The normalized spacial score (nSPS) is 22.7. The summed E-state index contributed by atoms with van der Waals surface area (Å²) < 4.78 is 28.5. The van der Waals surface area contributed by atoms with Crippen LogP contribution in [0.25, 0.3) is 0 Å². The van der Waals surface area contributed by atoms with Crippen molar-refractivity contribution in [2.24, 2.45) is 11.7 Å². The standard InChI is InChI=1S/C15H22F2N2O/c1-19(14-4-2-3-12(14)9-18)10-11-5-7-13(8-6-11)20-15(16)17/h5-8,12,14-15H,2-4,9-10,18H2,1H3. The van der Waals surface area contributed by atoms with Crippen LogP contribution in [0.1, 0.15) is 24.8 Å². The van der Waals surface area contributed by atoms with Crippen LogP contribution in [0.4, 0.5) is 8.78 Å². The summed E-state index contributed by atoms with van der Waals surface area (Å²) in [4.78, 5) is 2.31. The van der Waals surface area contributed by atoms with Gasteiger partial charge in [-0.25, -0.2) is 0 Å². The molecule has 1 aromatic rings. The molecule has 2 rings (SSSR count). The lowest BCUT2D eigenvalue weighted by atomic mass is 10.0. The predicted octanol–water partition coefficient (Wildman–Crippen LogP) is 2.85. The quantitative estimate of drug-likeness (QED) is 0.873. The van der Waals surface area contributed by atoms with Crippen LogP contribution in [-0.2, 0) is 6.54 Å². The molecule has 0 bridgehead atoms. The molecule has 112 valence electrons. The summed E-state index contributed by atoms with van der Waals surface area (Å²) in [5, 5.41) is 0. The van der Waals surface area contributed by atoms with E-state index in [2.05, 4.69) is 16.7 Å². The van der Waals surface area contributed by atoms with Crippen molar-refractivity contribution in [1.82, 2.24) is 4.90 Å². The molecule has 1 saturated carbocycles. The summed E-state index contributed by atoms with van der Waals surface area (Å²) in [7, 11) is 2.10. The first-order valence-corrected chi connectivity index (χ1v) is 7.04. The highest BCUT2D eigenvalue weighted by molar-refractivity contribution is 5.27. The van der Waals surface area contributed by atoms with Gasteiger partial charge in [-0.1, -0.05) is 18.6 Å². The van der Waals surface area contributed by atoms with Crippen molar-refractivity contribution in [3.8, 4) is 5.75 Å². The minimum Gasteiger partial charge on any atom is -0.435 e. The zero-order chi connectivity index (χ0) is 14.5. The Morgan fingerprint density at radius 2 is 2.00 bits per heavy atom. The van der Waals surface area contributed by atoms with Crippen molar-refractivity contribution in [3.05, 3.63) is 29.8 Å². The molecule has 20 heavy (non-hydrogen) atoms. The van der Waals surface area contributed by atoms with Crippen LogP contribution in [-0.4, -0.2) is 31.1 Å². The zero-order valence-electron chi connectivity index (χ0n) is 11.8. The second-order valence-corrected chi connectivity index (χ2v) is 5.43. The molecule has 1 aromatic carbocycles. The van der Waals surface area contributed by atoms with Crippen LogP contribution < -0.4 is 10.5 Å². The molecule has 0 heterocycles. The molecule has 1 fully saturated rings. The first-order chi connectivity index (χ1) is 9.60. The molecule has 2 atom stereocenters.